The Balaban J connectivity index is 2.45. The summed E-state index contributed by atoms with van der Waals surface area (Å²) in [6.45, 7) is 8.63. The van der Waals surface area contributed by atoms with Crippen LogP contribution in [0.3, 0.4) is 0 Å². The monoisotopic (exact) mass is 293 g/mol. The van der Waals surface area contributed by atoms with E-state index in [9.17, 15) is 4.79 Å². The van der Waals surface area contributed by atoms with Gasteiger partial charge in [-0.3, -0.25) is 4.79 Å². The third-order valence-electron chi connectivity index (χ3n) is 3.57. The molecule has 0 aliphatic heterocycles. The van der Waals surface area contributed by atoms with Crippen molar-refractivity contribution in [3.05, 3.63) is 29.8 Å². The van der Waals surface area contributed by atoms with Crippen LogP contribution in [-0.4, -0.2) is 29.8 Å². The standard InChI is InChI=1S/C17H27NO3/c1-5-13(4)14-6-8-15(9-7-14)21-11-10-16(17(19)20)18-12(2)3/h6-9,12-13,16,18H,5,10-11H2,1-4H3,(H,19,20). The van der Waals surface area contributed by atoms with Gasteiger partial charge in [-0.05, 0) is 30.0 Å². The van der Waals surface area contributed by atoms with Crippen molar-refractivity contribution >= 4 is 5.97 Å². The van der Waals surface area contributed by atoms with E-state index in [0.717, 1.165) is 12.2 Å². The Hall–Kier alpha value is -1.55. The Morgan fingerprint density at radius 3 is 2.33 bits per heavy atom. The Morgan fingerprint density at radius 1 is 1.24 bits per heavy atom. The Morgan fingerprint density at radius 2 is 1.86 bits per heavy atom. The second kappa shape index (κ2) is 8.67. The van der Waals surface area contributed by atoms with Gasteiger partial charge in [-0.2, -0.15) is 0 Å². The molecule has 0 saturated heterocycles. The van der Waals surface area contributed by atoms with E-state index in [4.69, 9.17) is 9.84 Å². The van der Waals surface area contributed by atoms with Gasteiger partial charge in [-0.1, -0.05) is 39.8 Å². The molecule has 2 N–H and O–H groups in total. The summed E-state index contributed by atoms with van der Waals surface area (Å²) in [4.78, 5) is 11.1. The SMILES string of the molecule is CCC(C)c1ccc(OCCC(NC(C)C)C(=O)O)cc1. The van der Waals surface area contributed by atoms with Crippen molar-refractivity contribution in [3.63, 3.8) is 0 Å². The molecule has 0 amide bonds. The molecular weight excluding hydrogens is 266 g/mol. The lowest BCUT2D eigenvalue weighted by molar-refractivity contribution is -0.140. The molecule has 2 atom stereocenters. The van der Waals surface area contributed by atoms with Gasteiger partial charge in [-0.15, -0.1) is 0 Å². The predicted molar refractivity (Wildman–Crippen MR) is 85.0 cm³/mol. The quantitative estimate of drug-likeness (QED) is 0.732. The van der Waals surface area contributed by atoms with Crippen LogP contribution in [-0.2, 0) is 4.79 Å². The van der Waals surface area contributed by atoms with Crippen LogP contribution in [0.4, 0.5) is 0 Å². The van der Waals surface area contributed by atoms with E-state index < -0.39 is 12.0 Å². The number of ether oxygens (including phenoxy) is 1. The van der Waals surface area contributed by atoms with Gasteiger partial charge in [0.25, 0.3) is 0 Å². The highest BCUT2D eigenvalue weighted by Crippen LogP contribution is 2.21. The zero-order chi connectivity index (χ0) is 15.8. The first-order valence-corrected chi connectivity index (χ1v) is 7.65. The topological polar surface area (TPSA) is 58.6 Å². The number of hydrogen-bond acceptors (Lipinski definition) is 3. The van der Waals surface area contributed by atoms with Gasteiger partial charge in [0.2, 0.25) is 0 Å². The highest BCUT2D eigenvalue weighted by Gasteiger charge is 2.17. The molecule has 0 aromatic heterocycles. The van der Waals surface area contributed by atoms with Crippen molar-refractivity contribution in [3.8, 4) is 5.75 Å². The minimum atomic E-state index is -0.834. The van der Waals surface area contributed by atoms with Crippen molar-refractivity contribution in [1.29, 1.82) is 0 Å². The van der Waals surface area contributed by atoms with Crippen LogP contribution >= 0.6 is 0 Å². The second-order valence-corrected chi connectivity index (χ2v) is 5.73. The molecule has 0 spiro atoms. The van der Waals surface area contributed by atoms with Crippen molar-refractivity contribution < 1.29 is 14.6 Å². The van der Waals surface area contributed by atoms with Crippen LogP contribution in [0, 0.1) is 0 Å². The second-order valence-electron chi connectivity index (χ2n) is 5.73. The normalized spacial score (nSPS) is 14.0. The molecule has 21 heavy (non-hydrogen) atoms. The molecule has 2 unspecified atom stereocenters. The molecule has 4 heteroatoms. The maximum atomic E-state index is 11.1. The molecule has 118 valence electrons. The van der Waals surface area contributed by atoms with Gasteiger partial charge in [0, 0.05) is 12.5 Å². The number of carboxylic acids is 1. The molecule has 0 aliphatic rings. The summed E-state index contributed by atoms with van der Waals surface area (Å²) < 4.78 is 5.63. The lowest BCUT2D eigenvalue weighted by Gasteiger charge is -2.17. The molecule has 1 rings (SSSR count). The van der Waals surface area contributed by atoms with E-state index in [-0.39, 0.29) is 6.04 Å². The summed E-state index contributed by atoms with van der Waals surface area (Å²) in [5.41, 5.74) is 1.30. The summed E-state index contributed by atoms with van der Waals surface area (Å²) in [5.74, 6) is 0.501. The minimum absolute atomic E-state index is 0.140. The molecule has 0 bridgehead atoms. The van der Waals surface area contributed by atoms with Crippen molar-refractivity contribution in [2.75, 3.05) is 6.61 Å². The molecule has 4 nitrogen and oxygen atoms in total. The van der Waals surface area contributed by atoms with Crippen molar-refractivity contribution in [2.45, 2.75) is 58.5 Å². The van der Waals surface area contributed by atoms with Gasteiger partial charge in [0.15, 0.2) is 0 Å². The lowest BCUT2D eigenvalue weighted by atomic mass is 9.99. The van der Waals surface area contributed by atoms with Gasteiger partial charge >= 0.3 is 5.97 Å². The minimum Gasteiger partial charge on any atom is -0.494 e. The van der Waals surface area contributed by atoms with E-state index in [2.05, 4.69) is 31.3 Å². The zero-order valence-corrected chi connectivity index (χ0v) is 13.4. The van der Waals surface area contributed by atoms with E-state index in [1.807, 2.05) is 26.0 Å². The highest BCUT2D eigenvalue weighted by atomic mass is 16.5. The zero-order valence-electron chi connectivity index (χ0n) is 13.4. The lowest BCUT2D eigenvalue weighted by Crippen LogP contribution is -2.41. The van der Waals surface area contributed by atoms with E-state index in [1.54, 1.807) is 0 Å². The number of rotatable bonds is 9. The van der Waals surface area contributed by atoms with Crippen LogP contribution in [0.1, 0.15) is 52.0 Å². The smallest absolute Gasteiger partial charge is 0.320 e. The van der Waals surface area contributed by atoms with Crippen molar-refractivity contribution in [1.82, 2.24) is 5.32 Å². The highest BCUT2D eigenvalue weighted by molar-refractivity contribution is 5.73. The van der Waals surface area contributed by atoms with E-state index >= 15 is 0 Å². The fraction of sp³-hybridized carbons (Fsp3) is 0.588. The third-order valence-corrected chi connectivity index (χ3v) is 3.57. The summed E-state index contributed by atoms with van der Waals surface area (Å²) in [6, 6.07) is 7.63. The van der Waals surface area contributed by atoms with Gasteiger partial charge in [0.05, 0.1) is 6.61 Å². The average Bonchev–Trinajstić information content (AvgIpc) is 2.45. The first kappa shape index (κ1) is 17.5. The fourth-order valence-corrected chi connectivity index (χ4v) is 2.10. The largest absolute Gasteiger partial charge is 0.494 e. The van der Waals surface area contributed by atoms with Crippen LogP contribution < -0.4 is 10.1 Å². The first-order valence-electron chi connectivity index (χ1n) is 7.65. The number of benzene rings is 1. The van der Waals surface area contributed by atoms with Crippen molar-refractivity contribution in [2.24, 2.45) is 0 Å². The number of aliphatic carboxylic acids is 1. The van der Waals surface area contributed by atoms with Gasteiger partial charge in [0.1, 0.15) is 11.8 Å². The predicted octanol–water partition coefficient (Wildman–Crippen LogP) is 3.42. The summed E-state index contributed by atoms with van der Waals surface area (Å²) in [7, 11) is 0. The number of carbonyl (C=O) groups is 1. The van der Waals surface area contributed by atoms with Crippen LogP contribution in [0.5, 0.6) is 5.75 Å². The maximum Gasteiger partial charge on any atom is 0.320 e. The van der Waals surface area contributed by atoms with E-state index in [0.29, 0.717) is 18.9 Å². The molecule has 1 aromatic carbocycles. The molecule has 0 heterocycles. The molecular formula is C17H27NO3. The molecule has 1 aromatic rings. The number of hydrogen-bond donors (Lipinski definition) is 2. The molecule has 0 radical (unpaired) electrons. The van der Waals surface area contributed by atoms with Crippen LogP contribution in [0.2, 0.25) is 0 Å². The van der Waals surface area contributed by atoms with Gasteiger partial charge < -0.3 is 15.2 Å². The summed E-state index contributed by atoms with van der Waals surface area (Å²) in [6.07, 6.45) is 1.56. The van der Waals surface area contributed by atoms with Gasteiger partial charge in [-0.25, -0.2) is 0 Å². The molecule has 0 fully saturated rings. The number of nitrogens with one attached hydrogen (secondary N) is 1. The third kappa shape index (κ3) is 6.17. The first-order chi connectivity index (χ1) is 9.93. The average molecular weight is 293 g/mol. The molecule has 0 saturated carbocycles. The van der Waals surface area contributed by atoms with Crippen LogP contribution in [0.15, 0.2) is 24.3 Å². The number of carboxylic acid groups (broad SMARTS) is 1. The maximum absolute atomic E-state index is 11.1. The van der Waals surface area contributed by atoms with Crippen LogP contribution in [0.25, 0.3) is 0 Å². The molecule has 0 aliphatic carbocycles. The Bertz CT molecular complexity index is 428. The summed E-state index contributed by atoms with van der Waals surface area (Å²) in [5, 5.41) is 12.1. The summed E-state index contributed by atoms with van der Waals surface area (Å²) >= 11 is 0. The Kier molecular flexibility index (Phi) is 7.23. The fourth-order valence-electron chi connectivity index (χ4n) is 2.10. The van der Waals surface area contributed by atoms with E-state index in [1.165, 1.54) is 5.56 Å². The Labute approximate surface area is 127 Å².